The van der Waals surface area contributed by atoms with Crippen LogP contribution in [0.25, 0.3) is 0 Å². The number of hydrogen-bond acceptors (Lipinski definition) is 2. The maximum Gasteiger partial charge on any atom is 0.163 e. The Labute approximate surface area is 68.9 Å². The first-order valence-electron chi connectivity index (χ1n) is 4.19. The maximum absolute atomic E-state index is 5.71. The lowest BCUT2D eigenvalue weighted by molar-refractivity contribution is -0.321. The molecule has 0 aromatic rings. The van der Waals surface area contributed by atoms with Crippen molar-refractivity contribution in [3.05, 3.63) is 0 Å². The highest BCUT2D eigenvalue weighted by molar-refractivity contribution is 4.80. The van der Waals surface area contributed by atoms with Crippen molar-refractivity contribution in [1.82, 2.24) is 0 Å². The fourth-order valence-corrected chi connectivity index (χ4v) is 1.95. The van der Waals surface area contributed by atoms with Crippen molar-refractivity contribution < 1.29 is 9.47 Å². The van der Waals surface area contributed by atoms with Gasteiger partial charge >= 0.3 is 0 Å². The van der Waals surface area contributed by atoms with E-state index in [2.05, 4.69) is 20.8 Å². The summed E-state index contributed by atoms with van der Waals surface area (Å²) in [4.78, 5) is 0. The van der Waals surface area contributed by atoms with Gasteiger partial charge in [0, 0.05) is 6.42 Å². The van der Waals surface area contributed by atoms with Gasteiger partial charge in [-0.2, -0.15) is 0 Å². The molecular weight excluding hydrogens is 140 g/mol. The van der Waals surface area contributed by atoms with E-state index in [9.17, 15) is 0 Å². The normalized spacial score (nSPS) is 35.2. The summed E-state index contributed by atoms with van der Waals surface area (Å²) in [6, 6.07) is 0. The van der Waals surface area contributed by atoms with Crippen molar-refractivity contribution in [2.24, 2.45) is 0 Å². The average Bonchev–Trinajstić information content (AvgIpc) is 1.49. The Balaban J connectivity index is 2.66. The van der Waals surface area contributed by atoms with Gasteiger partial charge in [-0.05, 0) is 34.6 Å². The molecule has 1 heterocycles. The zero-order valence-corrected chi connectivity index (χ0v) is 8.10. The van der Waals surface area contributed by atoms with E-state index in [1.54, 1.807) is 0 Å². The summed E-state index contributed by atoms with van der Waals surface area (Å²) in [5, 5.41) is 0. The summed E-state index contributed by atoms with van der Waals surface area (Å²) < 4.78 is 11.3. The second-order valence-corrected chi connectivity index (χ2v) is 4.39. The quantitative estimate of drug-likeness (QED) is 0.538. The van der Waals surface area contributed by atoms with Crippen LogP contribution < -0.4 is 0 Å². The third kappa shape index (κ3) is 2.46. The fraction of sp³-hybridized carbons (Fsp3) is 1.00. The van der Waals surface area contributed by atoms with E-state index in [1.807, 2.05) is 13.8 Å². The van der Waals surface area contributed by atoms with Gasteiger partial charge in [0.25, 0.3) is 0 Å². The molecular formula is C9H18O2. The molecule has 0 radical (unpaired) electrons. The molecule has 0 spiro atoms. The van der Waals surface area contributed by atoms with Crippen LogP contribution in [0.1, 0.15) is 41.0 Å². The van der Waals surface area contributed by atoms with Gasteiger partial charge in [0.15, 0.2) is 5.79 Å². The van der Waals surface area contributed by atoms with E-state index in [0.717, 1.165) is 6.42 Å². The topological polar surface area (TPSA) is 18.5 Å². The predicted octanol–water partition coefficient (Wildman–Crippen LogP) is 2.33. The summed E-state index contributed by atoms with van der Waals surface area (Å²) in [6.07, 6.45) is 1.27. The van der Waals surface area contributed by atoms with E-state index >= 15 is 0 Å². The van der Waals surface area contributed by atoms with Crippen LogP contribution in [-0.2, 0) is 9.47 Å². The Bertz CT molecular complexity index is 134. The minimum Gasteiger partial charge on any atom is -0.347 e. The summed E-state index contributed by atoms with van der Waals surface area (Å²) in [6.45, 7) is 10.2. The molecule has 0 N–H and O–H groups in total. The van der Waals surface area contributed by atoms with Crippen LogP contribution in [0.4, 0.5) is 0 Å². The molecule has 11 heavy (non-hydrogen) atoms. The second-order valence-electron chi connectivity index (χ2n) is 4.39. The zero-order chi connectivity index (χ0) is 8.70. The van der Waals surface area contributed by atoms with Crippen molar-refractivity contribution >= 4 is 0 Å². The molecule has 0 aromatic carbocycles. The molecule has 1 aliphatic heterocycles. The van der Waals surface area contributed by atoms with E-state index in [-0.39, 0.29) is 5.60 Å². The van der Waals surface area contributed by atoms with Gasteiger partial charge in [-0.15, -0.1) is 0 Å². The average molecular weight is 158 g/mol. The van der Waals surface area contributed by atoms with E-state index in [0.29, 0.717) is 6.10 Å². The van der Waals surface area contributed by atoms with Crippen molar-refractivity contribution in [1.29, 1.82) is 0 Å². The first-order chi connectivity index (χ1) is 4.81. The van der Waals surface area contributed by atoms with E-state index in [1.165, 1.54) is 0 Å². The van der Waals surface area contributed by atoms with Gasteiger partial charge in [-0.1, -0.05) is 0 Å². The lowest BCUT2D eigenvalue weighted by Crippen LogP contribution is -2.48. The Morgan fingerprint density at radius 2 is 1.73 bits per heavy atom. The van der Waals surface area contributed by atoms with Crippen LogP contribution in [0, 0.1) is 0 Å². The van der Waals surface area contributed by atoms with Crippen LogP contribution in [-0.4, -0.2) is 17.5 Å². The Morgan fingerprint density at radius 1 is 1.18 bits per heavy atom. The molecule has 1 aliphatic rings. The van der Waals surface area contributed by atoms with Gasteiger partial charge in [0.2, 0.25) is 0 Å². The maximum atomic E-state index is 5.71. The largest absolute Gasteiger partial charge is 0.347 e. The SMILES string of the molecule is C[C@H]1CC(C)(C)OC(C)(C)O1. The minimum atomic E-state index is -0.416. The molecule has 0 amide bonds. The molecule has 1 atom stereocenters. The summed E-state index contributed by atoms with van der Waals surface area (Å²) in [5.74, 6) is -0.416. The predicted molar refractivity (Wildman–Crippen MR) is 44.4 cm³/mol. The highest BCUT2D eigenvalue weighted by atomic mass is 16.7. The van der Waals surface area contributed by atoms with Gasteiger partial charge in [0.05, 0.1) is 11.7 Å². The van der Waals surface area contributed by atoms with Crippen molar-refractivity contribution in [2.45, 2.75) is 58.5 Å². The second kappa shape index (κ2) is 2.46. The molecule has 1 fully saturated rings. The lowest BCUT2D eigenvalue weighted by Gasteiger charge is -2.44. The first kappa shape index (κ1) is 9.01. The molecule has 1 rings (SSSR count). The molecule has 2 nitrogen and oxygen atoms in total. The highest BCUT2D eigenvalue weighted by Crippen LogP contribution is 2.33. The molecule has 0 unspecified atom stereocenters. The number of ether oxygens (including phenoxy) is 2. The zero-order valence-electron chi connectivity index (χ0n) is 8.10. The van der Waals surface area contributed by atoms with Crippen molar-refractivity contribution in [3.8, 4) is 0 Å². The molecule has 0 bridgehead atoms. The summed E-state index contributed by atoms with van der Waals surface area (Å²) in [5.41, 5.74) is -0.0405. The standard InChI is InChI=1S/C9H18O2/c1-7-6-8(2,3)11-9(4,5)10-7/h7H,6H2,1-5H3/t7-/m0/s1. The molecule has 0 aromatic heterocycles. The molecule has 0 aliphatic carbocycles. The number of hydrogen-bond donors (Lipinski definition) is 0. The first-order valence-corrected chi connectivity index (χ1v) is 4.19. The minimum absolute atomic E-state index is 0.0405. The summed E-state index contributed by atoms with van der Waals surface area (Å²) >= 11 is 0. The monoisotopic (exact) mass is 158 g/mol. The lowest BCUT2D eigenvalue weighted by atomic mass is 9.99. The Morgan fingerprint density at radius 3 is 2.09 bits per heavy atom. The van der Waals surface area contributed by atoms with Gasteiger partial charge in [-0.25, -0.2) is 0 Å². The third-order valence-electron chi connectivity index (χ3n) is 1.79. The van der Waals surface area contributed by atoms with Crippen LogP contribution >= 0.6 is 0 Å². The van der Waals surface area contributed by atoms with Gasteiger partial charge < -0.3 is 9.47 Å². The van der Waals surface area contributed by atoms with E-state index in [4.69, 9.17) is 9.47 Å². The molecule has 1 saturated heterocycles. The Kier molecular flexibility index (Phi) is 2.01. The van der Waals surface area contributed by atoms with Crippen LogP contribution in [0.15, 0.2) is 0 Å². The highest BCUT2D eigenvalue weighted by Gasteiger charge is 2.37. The third-order valence-corrected chi connectivity index (χ3v) is 1.79. The molecule has 2 heteroatoms. The smallest absolute Gasteiger partial charge is 0.163 e. The van der Waals surface area contributed by atoms with Crippen LogP contribution in [0.5, 0.6) is 0 Å². The van der Waals surface area contributed by atoms with Gasteiger partial charge in [0.1, 0.15) is 0 Å². The van der Waals surface area contributed by atoms with Crippen molar-refractivity contribution in [3.63, 3.8) is 0 Å². The fourth-order valence-electron chi connectivity index (χ4n) is 1.95. The van der Waals surface area contributed by atoms with E-state index < -0.39 is 5.79 Å². The van der Waals surface area contributed by atoms with Gasteiger partial charge in [-0.3, -0.25) is 0 Å². The molecule has 66 valence electrons. The van der Waals surface area contributed by atoms with Crippen LogP contribution in [0.2, 0.25) is 0 Å². The number of rotatable bonds is 0. The van der Waals surface area contributed by atoms with Crippen LogP contribution in [0.3, 0.4) is 0 Å². The Hall–Kier alpha value is -0.0800. The summed E-state index contributed by atoms with van der Waals surface area (Å²) in [7, 11) is 0. The van der Waals surface area contributed by atoms with Crippen molar-refractivity contribution in [2.75, 3.05) is 0 Å². The molecule has 0 saturated carbocycles.